The van der Waals surface area contributed by atoms with Crippen LogP contribution in [0.2, 0.25) is 5.02 Å². The van der Waals surface area contributed by atoms with E-state index in [2.05, 4.69) is 0 Å². The van der Waals surface area contributed by atoms with Crippen LogP contribution >= 0.6 is 11.6 Å². The number of halogens is 1. The van der Waals surface area contributed by atoms with Crippen LogP contribution in [0.4, 0.5) is 0 Å². The summed E-state index contributed by atoms with van der Waals surface area (Å²) in [4.78, 5) is 11.9. The molecule has 1 aromatic heterocycles. The Hall–Kier alpha value is -2.26. The lowest BCUT2D eigenvalue weighted by atomic mass is 10.00. The van der Waals surface area contributed by atoms with Gasteiger partial charge in [-0.2, -0.15) is 0 Å². The zero-order valence-corrected chi connectivity index (χ0v) is 13.3. The van der Waals surface area contributed by atoms with Crippen molar-refractivity contribution in [1.82, 2.24) is 0 Å². The molecule has 0 fully saturated rings. The second-order valence-corrected chi connectivity index (χ2v) is 5.64. The Labute approximate surface area is 133 Å². The number of hydrogen-bond acceptors (Lipinski definition) is 3. The van der Waals surface area contributed by atoms with Crippen LogP contribution in [0, 0.1) is 13.8 Å². The van der Waals surface area contributed by atoms with Crippen LogP contribution in [0.3, 0.4) is 0 Å². The van der Waals surface area contributed by atoms with Gasteiger partial charge < -0.3 is 9.15 Å². The number of ether oxygens (including phenoxy) is 1. The Bertz CT molecular complexity index is 925. The van der Waals surface area contributed by atoms with E-state index in [1.807, 2.05) is 43.3 Å². The van der Waals surface area contributed by atoms with Crippen molar-refractivity contribution in [1.29, 1.82) is 0 Å². The van der Waals surface area contributed by atoms with E-state index in [4.69, 9.17) is 20.8 Å². The highest BCUT2D eigenvalue weighted by Crippen LogP contribution is 2.35. The fraction of sp³-hybridized carbons (Fsp3) is 0.167. The lowest BCUT2D eigenvalue weighted by Crippen LogP contribution is -2.06. The van der Waals surface area contributed by atoms with Crippen LogP contribution in [-0.2, 0) is 0 Å². The van der Waals surface area contributed by atoms with Gasteiger partial charge in [-0.25, -0.2) is 4.79 Å². The Morgan fingerprint density at radius 3 is 2.50 bits per heavy atom. The summed E-state index contributed by atoms with van der Waals surface area (Å²) in [5, 5.41) is 1.48. The highest BCUT2D eigenvalue weighted by atomic mass is 35.5. The van der Waals surface area contributed by atoms with Crippen molar-refractivity contribution < 1.29 is 9.15 Å². The molecule has 3 rings (SSSR count). The van der Waals surface area contributed by atoms with Crippen molar-refractivity contribution in [3.05, 3.63) is 63.0 Å². The van der Waals surface area contributed by atoms with Gasteiger partial charge in [0.25, 0.3) is 0 Å². The molecule has 0 saturated heterocycles. The molecule has 0 bridgehead atoms. The molecule has 1 heterocycles. The second-order valence-electron chi connectivity index (χ2n) is 5.20. The lowest BCUT2D eigenvalue weighted by molar-refractivity contribution is 0.418. The van der Waals surface area contributed by atoms with Gasteiger partial charge in [-0.1, -0.05) is 23.7 Å². The molecule has 112 valence electrons. The lowest BCUT2D eigenvalue weighted by Gasteiger charge is -2.12. The molecule has 0 unspecified atom stereocenters. The maximum atomic E-state index is 11.9. The molecule has 3 nitrogen and oxygen atoms in total. The highest BCUT2D eigenvalue weighted by molar-refractivity contribution is 6.30. The molecule has 0 amide bonds. The molecule has 0 atom stereocenters. The van der Waals surface area contributed by atoms with E-state index in [0.717, 1.165) is 22.1 Å². The molecule has 0 radical (unpaired) electrons. The fourth-order valence-electron chi connectivity index (χ4n) is 2.55. The van der Waals surface area contributed by atoms with Gasteiger partial charge in [0, 0.05) is 10.6 Å². The predicted molar refractivity (Wildman–Crippen MR) is 89.0 cm³/mol. The van der Waals surface area contributed by atoms with Crippen LogP contribution in [0.25, 0.3) is 22.1 Å². The van der Waals surface area contributed by atoms with Crippen LogP contribution in [0.15, 0.2) is 45.6 Å². The molecule has 2 aromatic carbocycles. The van der Waals surface area contributed by atoms with Gasteiger partial charge in [-0.3, -0.25) is 0 Å². The summed E-state index contributed by atoms with van der Waals surface area (Å²) in [5.74, 6) is 0.678. The SMILES string of the molecule is COc1cc(-c2cccc(Cl)c2)cc2oc(=O)c(C)c(C)c12. The first-order valence-electron chi connectivity index (χ1n) is 6.89. The quantitative estimate of drug-likeness (QED) is 0.641. The Morgan fingerprint density at radius 2 is 1.82 bits per heavy atom. The van der Waals surface area contributed by atoms with Crippen LogP contribution in [-0.4, -0.2) is 7.11 Å². The molecule has 0 aliphatic heterocycles. The van der Waals surface area contributed by atoms with E-state index in [9.17, 15) is 4.79 Å². The van der Waals surface area contributed by atoms with Gasteiger partial charge in [-0.05, 0) is 54.8 Å². The van der Waals surface area contributed by atoms with Crippen molar-refractivity contribution in [2.24, 2.45) is 0 Å². The standard InChI is InChI=1S/C18H15ClO3/c1-10-11(2)18(20)22-16-9-13(8-15(21-3)17(10)16)12-5-4-6-14(19)7-12/h4-9H,1-3H3. The number of aryl methyl sites for hydroxylation is 1. The Kier molecular flexibility index (Phi) is 3.67. The average Bonchev–Trinajstić information content (AvgIpc) is 2.51. The minimum atomic E-state index is -0.324. The van der Waals surface area contributed by atoms with Gasteiger partial charge >= 0.3 is 5.63 Å². The number of methoxy groups -OCH3 is 1. The number of hydrogen-bond donors (Lipinski definition) is 0. The molecule has 0 N–H and O–H groups in total. The predicted octanol–water partition coefficient (Wildman–Crippen LogP) is 4.74. The second kappa shape index (κ2) is 5.50. The smallest absolute Gasteiger partial charge is 0.339 e. The average molecular weight is 315 g/mol. The van der Waals surface area contributed by atoms with E-state index >= 15 is 0 Å². The largest absolute Gasteiger partial charge is 0.496 e. The zero-order valence-electron chi connectivity index (χ0n) is 12.6. The van der Waals surface area contributed by atoms with E-state index in [1.54, 1.807) is 14.0 Å². The summed E-state index contributed by atoms with van der Waals surface area (Å²) in [7, 11) is 1.61. The first-order chi connectivity index (χ1) is 10.5. The first kappa shape index (κ1) is 14.7. The number of fused-ring (bicyclic) bond motifs is 1. The maximum Gasteiger partial charge on any atom is 0.339 e. The molecule has 22 heavy (non-hydrogen) atoms. The third-order valence-electron chi connectivity index (χ3n) is 3.89. The summed E-state index contributed by atoms with van der Waals surface area (Å²) >= 11 is 6.05. The third kappa shape index (κ3) is 2.38. The fourth-order valence-corrected chi connectivity index (χ4v) is 2.74. The van der Waals surface area contributed by atoms with Crippen LogP contribution in [0.1, 0.15) is 11.1 Å². The highest BCUT2D eigenvalue weighted by Gasteiger charge is 2.14. The van der Waals surface area contributed by atoms with Crippen LogP contribution < -0.4 is 10.4 Å². The summed E-state index contributed by atoms with van der Waals surface area (Å²) in [6.07, 6.45) is 0. The third-order valence-corrected chi connectivity index (χ3v) is 4.13. The van der Waals surface area contributed by atoms with E-state index in [0.29, 0.717) is 21.9 Å². The topological polar surface area (TPSA) is 39.4 Å². The molecule has 3 aromatic rings. The number of rotatable bonds is 2. The summed E-state index contributed by atoms with van der Waals surface area (Å²) in [5.41, 5.74) is 3.49. The van der Waals surface area contributed by atoms with Crippen molar-refractivity contribution in [2.75, 3.05) is 7.11 Å². The molecule has 0 aliphatic rings. The Balaban J connectivity index is 2.36. The normalized spacial score (nSPS) is 10.9. The number of benzene rings is 2. The van der Waals surface area contributed by atoms with Gasteiger partial charge in [0.05, 0.1) is 12.5 Å². The van der Waals surface area contributed by atoms with Crippen LogP contribution in [0.5, 0.6) is 5.75 Å². The summed E-state index contributed by atoms with van der Waals surface area (Å²) < 4.78 is 10.9. The Morgan fingerprint density at radius 1 is 1.05 bits per heavy atom. The molecule has 0 aliphatic carbocycles. The minimum absolute atomic E-state index is 0.324. The van der Waals surface area contributed by atoms with Crippen molar-refractivity contribution in [3.63, 3.8) is 0 Å². The zero-order chi connectivity index (χ0) is 15.9. The monoisotopic (exact) mass is 314 g/mol. The first-order valence-corrected chi connectivity index (χ1v) is 7.27. The van der Waals surface area contributed by atoms with Gasteiger partial charge in [0.2, 0.25) is 0 Å². The molecule has 0 spiro atoms. The van der Waals surface area contributed by atoms with Gasteiger partial charge in [0.15, 0.2) is 0 Å². The van der Waals surface area contributed by atoms with E-state index in [-0.39, 0.29) is 5.63 Å². The minimum Gasteiger partial charge on any atom is -0.496 e. The molecular weight excluding hydrogens is 300 g/mol. The van der Waals surface area contributed by atoms with E-state index in [1.165, 1.54) is 0 Å². The summed E-state index contributed by atoms with van der Waals surface area (Å²) in [6.45, 7) is 3.65. The van der Waals surface area contributed by atoms with Crippen molar-refractivity contribution in [3.8, 4) is 16.9 Å². The molecule has 4 heteroatoms. The maximum absolute atomic E-state index is 11.9. The van der Waals surface area contributed by atoms with Crippen molar-refractivity contribution >= 4 is 22.6 Å². The van der Waals surface area contributed by atoms with Gasteiger partial charge in [-0.15, -0.1) is 0 Å². The van der Waals surface area contributed by atoms with Gasteiger partial charge in [0.1, 0.15) is 11.3 Å². The van der Waals surface area contributed by atoms with Crippen molar-refractivity contribution in [2.45, 2.75) is 13.8 Å². The summed E-state index contributed by atoms with van der Waals surface area (Å²) in [6, 6.07) is 11.3. The van der Waals surface area contributed by atoms with E-state index < -0.39 is 0 Å². The molecular formula is C18H15ClO3. The molecule has 0 saturated carbocycles.